The fraction of sp³-hybridized carbons (Fsp3) is 0.533. The Balaban J connectivity index is 2.33. The number of rotatable bonds is 3. The van der Waals surface area contributed by atoms with Crippen molar-refractivity contribution < 1.29 is 14.3 Å². The van der Waals surface area contributed by atoms with E-state index in [1.165, 1.54) is 5.56 Å². The number of benzene rings is 1. The van der Waals surface area contributed by atoms with Gasteiger partial charge in [0.1, 0.15) is 5.60 Å². The summed E-state index contributed by atoms with van der Waals surface area (Å²) in [6.45, 7) is 5.18. The van der Waals surface area contributed by atoms with Gasteiger partial charge >= 0.3 is 0 Å². The summed E-state index contributed by atoms with van der Waals surface area (Å²) in [4.78, 5) is 12.7. The SMILES string of the molecule is COC1(C(=O)c2ccc(C)cc2C)CCOCC1. The van der Waals surface area contributed by atoms with Gasteiger partial charge in [0.05, 0.1) is 0 Å². The van der Waals surface area contributed by atoms with E-state index in [0.29, 0.717) is 26.1 Å². The van der Waals surface area contributed by atoms with E-state index in [0.717, 1.165) is 11.1 Å². The Hall–Kier alpha value is -1.19. The smallest absolute Gasteiger partial charge is 0.195 e. The third kappa shape index (κ3) is 2.33. The molecule has 3 nitrogen and oxygen atoms in total. The van der Waals surface area contributed by atoms with Gasteiger partial charge in [0, 0.05) is 38.7 Å². The lowest BCUT2D eigenvalue weighted by molar-refractivity contribution is -0.0663. The van der Waals surface area contributed by atoms with E-state index in [1.807, 2.05) is 32.0 Å². The van der Waals surface area contributed by atoms with Crippen molar-refractivity contribution in [1.29, 1.82) is 0 Å². The molecule has 0 N–H and O–H groups in total. The summed E-state index contributed by atoms with van der Waals surface area (Å²) in [7, 11) is 1.62. The number of ether oxygens (including phenoxy) is 2. The fourth-order valence-corrected chi connectivity index (χ4v) is 2.54. The van der Waals surface area contributed by atoms with E-state index < -0.39 is 5.60 Å². The molecule has 0 aromatic heterocycles. The molecule has 0 saturated carbocycles. The van der Waals surface area contributed by atoms with E-state index in [2.05, 4.69) is 0 Å². The Morgan fingerprint density at radius 2 is 1.94 bits per heavy atom. The molecule has 18 heavy (non-hydrogen) atoms. The van der Waals surface area contributed by atoms with E-state index >= 15 is 0 Å². The molecule has 0 aliphatic carbocycles. The molecule has 0 bridgehead atoms. The van der Waals surface area contributed by atoms with Crippen molar-refractivity contribution in [2.45, 2.75) is 32.3 Å². The van der Waals surface area contributed by atoms with Crippen LogP contribution in [0.2, 0.25) is 0 Å². The van der Waals surface area contributed by atoms with Crippen molar-refractivity contribution >= 4 is 5.78 Å². The number of hydrogen-bond donors (Lipinski definition) is 0. The lowest BCUT2D eigenvalue weighted by Gasteiger charge is -2.34. The number of hydrogen-bond acceptors (Lipinski definition) is 3. The molecule has 0 radical (unpaired) electrons. The van der Waals surface area contributed by atoms with Crippen LogP contribution in [0.3, 0.4) is 0 Å². The quantitative estimate of drug-likeness (QED) is 0.771. The van der Waals surface area contributed by atoms with Crippen LogP contribution >= 0.6 is 0 Å². The average molecular weight is 248 g/mol. The standard InChI is InChI=1S/C15H20O3/c1-11-4-5-13(12(2)10-11)14(16)15(17-3)6-8-18-9-7-15/h4-5,10H,6-9H2,1-3H3. The number of carbonyl (C=O) groups is 1. The van der Waals surface area contributed by atoms with Crippen LogP contribution in [-0.2, 0) is 9.47 Å². The molecule has 1 aliphatic rings. The highest BCUT2D eigenvalue weighted by Gasteiger charge is 2.40. The van der Waals surface area contributed by atoms with Gasteiger partial charge < -0.3 is 9.47 Å². The third-order valence-corrected chi connectivity index (χ3v) is 3.73. The predicted molar refractivity (Wildman–Crippen MR) is 70.0 cm³/mol. The van der Waals surface area contributed by atoms with Gasteiger partial charge in [-0.2, -0.15) is 0 Å². The Morgan fingerprint density at radius 1 is 1.28 bits per heavy atom. The summed E-state index contributed by atoms with van der Waals surface area (Å²) in [5.41, 5.74) is 2.26. The largest absolute Gasteiger partial charge is 0.381 e. The molecule has 0 atom stereocenters. The van der Waals surface area contributed by atoms with E-state index in [1.54, 1.807) is 7.11 Å². The van der Waals surface area contributed by atoms with Gasteiger partial charge in [-0.05, 0) is 19.4 Å². The molecule has 1 fully saturated rings. The molecule has 98 valence electrons. The molecule has 2 rings (SSSR count). The number of carbonyl (C=O) groups excluding carboxylic acids is 1. The lowest BCUT2D eigenvalue weighted by Crippen LogP contribution is -2.45. The lowest BCUT2D eigenvalue weighted by atomic mass is 9.84. The van der Waals surface area contributed by atoms with Crippen molar-refractivity contribution in [1.82, 2.24) is 0 Å². The number of methoxy groups -OCH3 is 1. The second-order valence-corrected chi connectivity index (χ2v) is 4.96. The highest BCUT2D eigenvalue weighted by molar-refractivity contribution is 6.03. The van der Waals surface area contributed by atoms with Crippen LogP contribution in [-0.4, -0.2) is 31.7 Å². The van der Waals surface area contributed by atoms with Crippen molar-refractivity contribution in [2.24, 2.45) is 0 Å². The van der Waals surface area contributed by atoms with Crippen molar-refractivity contribution in [2.75, 3.05) is 20.3 Å². The van der Waals surface area contributed by atoms with Gasteiger partial charge in [-0.25, -0.2) is 0 Å². The van der Waals surface area contributed by atoms with Crippen LogP contribution in [0.5, 0.6) is 0 Å². The molecular formula is C15H20O3. The van der Waals surface area contributed by atoms with Crippen LogP contribution in [0.25, 0.3) is 0 Å². The molecule has 3 heteroatoms. The Kier molecular flexibility index (Phi) is 3.83. The Labute approximate surface area is 108 Å². The Bertz CT molecular complexity index is 445. The Morgan fingerprint density at radius 3 is 2.50 bits per heavy atom. The fourth-order valence-electron chi connectivity index (χ4n) is 2.54. The normalized spacial score (nSPS) is 18.6. The van der Waals surface area contributed by atoms with Crippen LogP contribution in [0.4, 0.5) is 0 Å². The van der Waals surface area contributed by atoms with Crippen LogP contribution in [0.1, 0.15) is 34.3 Å². The average Bonchev–Trinajstić information content (AvgIpc) is 2.39. The van der Waals surface area contributed by atoms with E-state index in [9.17, 15) is 4.79 Å². The number of ketones is 1. The summed E-state index contributed by atoms with van der Waals surface area (Å²) >= 11 is 0. The molecule has 1 aliphatic heterocycles. The minimum atomic E-state index is -0.696. The highest BCUT2D eigenvalue weighted by Crippen LogP contribution is 2.30. The molecule has 0 amide bonds. The molecule has 0 unspecified atom stereocenters. The van der Waals surface area contributed by atoms with Gasteiger partial charge in [0.25, 0.3) is 0 Å². The zero-order valence-corrected chi connectivity index (χ0v) is 11.3. The molecule has 0 spiro atoms. The van der Waals surface area contributed by atoms with Crippen molar-refractivity contribution in [3.63, 3.8) is 0 Å². The minimum absolute atomic E-state index is 0.0887. The summed E-state index contributed by atoms with van der Waals surface area (Å²) in [5, 5.41) is 0. The van der Waals surface area contributed by atoms with E-state index in [-0.39, 0.29) is 5.78 Å². The first-order valence-electron chi connectivity index (χ1n) is 6.34. The maximum atomic E-state index is 12.7. The summed E-state index contributed by atoms with van der Waals surface area (Å²) in [6, 6.07) is 5.92. The first-order chi connectivity index (χ1) is 8.59. The topological polar surface area (TPSA) is 35.5 Å². The van der Waals surface area contributed by atoms with Gasteiger partial charge in [-0.3, -0.25) is 4.79 Å². The monoisotopic (exact) mass is 248 g/mol. The predicted octanol–water partition coefficient (Wildman–Crippen LogP) is 2.68. The second kappa shape index (κ2) is 5.21. The maximum Gasteiger partial charge on any atom is 0.195 e. The van der Waals surface area contributed by atoms with Gasteiger partial charge in [0.15, 0.2) is 5.78 Å². The molecular weight excluding hydrogens is 228 g/mol. The zero-order chi connectivity index (χ0) is 13.2. The summed E-state index contributed by atoms with van der Waals surface area (Å²) < 4.78 is 10.9. The second-order valence-electron chi connectivity index (χ2n) is 4.96. The first-order valence-corrected chi connectivity index (χ1v) is 6.34. The molecule has 1 heterocycles. The minimum Gasteiger partial charge on any atom is -0.381 e. The number of aryl methyl sites for hydroxylation is 2. The van der Waals surface area contributed by atoms with Gasteiger partial charge in [0.2, 0.25) is 0 Å². The van der Waals surface area contributed by atoms with Gasteiger partial charge in [-0.1, -0.05) is 23.8 Å². The first kappa shape index (κ1) is 13.2. The van der Waals surface area contributed by atoms with Gasteiger partial charge in [-0.15, -0.1) is 0 Å². The highest BCUT2D eigenvalue weighted by atomic mass is 16.5. The van der Waals surface area contributed by atoms with Crippen LogP contribution < -0.4 is 0 Å². The molecule has 1 aromatic rings. The summed E-state index contributed by atoms with van der Waals surface area (Å²) in [6.07, 6.45) is 1.27. The van der Waals surface area contributed by atoms with Crippen LogP contribution in [0, 0.1) is 13.8 Å². The summed E-state index contributed by atoms with van der Waals surface area (Å²) in [5.74, 6) is 0.0887. The molecule has 1 saturated heterocycles. The van der Waals surface area contributed by atoms with Crippen molar-refractivity contribution in [3.8, 4) is 0 Å². The zero-order valence-electron chi connectivity index (χ0n) is 11.3. The van der Waals surface area contributed by atoms with Crippen molar-refractivity contribution in [3.05, 3.63) is 34.9 Å². The number of Topliss-reactive ketones (excluding diaryl/α,β-unsaturated/α-hetero) is 1. The maximum absolute atomic E-state index is 12.7. The third-order valence-electron chi connectivity index (χ3n) is 3.73. The van der Waals surface area contributed by atoms with Crippen LogP contribution in [0.15, 0.2) is 18.2 Å². The molecule has 1 aromatic carbocycles. The van der Waals surface area contributed by atoms with E-state index in [4.69, 9.17) is 9.47 Å².